The number of nitrogens with two attached hydrogens (primary N) is 1. The molecule has 144 valence electrons. The Hall–Kier alpha value is -2.36. The lowest BCUT2D eigenvalue weighted by atomic mass is 10.1. The molecule has 1 saturated heterocycles. The number of piperidine rings is 1. The summed E-state index contributed by atoms with van der Waals surface area (Å²) in [6.07, 6.45) is 9.26. The van der Waals surface area contributed by atoms with Crippen LogP contribution in [-0.4, -0.2) is 62.6 Å². The third-order valence-corrected chi connectivity index (χ3v) is 3.53. The molecular weight excluding hydrogens is 332 g/mol. The van der Waals surface area contributed by atoms with Crippen LogP contribution in [0.3, 0.4) is 0 Å². The predicted molar refractivity (Wildman–Crippen MR) is 108 cm³/mol. The average molecular weight is 362 g/mol. The van der Waals surface area contributed by atoms with Crippen molar-refractivity contribution >= 4 is 25.5 Å². The van der Waals surface area contributed by atoms with E-state index in [9.17, 15) is 0 Å². The predicted octanol–water partition coefficient (Wildman–Crippen LogP) is 1.02. The first-order valence-corrected chi connectivity index (χ1v) is 8.64. The molecule has 0 radical (unpaired) electrons. The van der Waals surface area contributed by atoms with Gasteiger partial charge in [-0.3, -0.25) is 10.3 Å². The molecule has 1 aliphatic rings. The van der Waals surface area contributed by atoms with Crippen molar-refractivity contribution in [2.45, 2.75) is 38.8 Å². The average Bonchev–Trinajstić information content (AvgIpc) is 2.65. The van der Waals surface area contributed by atoms with Gasteiger partial charge in [-0.05, 0) is 45.9 Å². The molecule has 0 aromatic rings. The molecule has 0 aromatic heterocycles. The standard InChI is InChI=1S/C17H30N8O/c1-14(2)26-25(20-3)13-24-17(15(10-18)11-19)6-9-22-12-23-16-4-7-21-8-5-16/h6,9-11,13-14,16,18,21,23H,3-5,7-8,12,19H2,1-2H3/b15-11+,17-6-,18-10?,22-9+,24-13?. The zero-order valence-corrected chi connectivity index (χ0v) is 15.6. The third kappa shape index (κ3) is 8.65. The highest BCUT2D eigenvalue weighted by Crippen LogP contribution is 2.08. The zero-order chi connectivity index (χ0) is 19.2. The summed E-state index contributed by atoms with van der Waals surface area (Å²) in [4.78, 5) is 14.0. The first kappa shape index (κ1) is 21.7. The summed E-state index contributed by atoms with van der Waals surface area (Å²) in [6.45, 7) is 9.77. The van der Waals surface area contributed by atoms with E-state index < -0.39 is 0 Å². The summed E-state index contributed by atoms with van der Waals surface area (Å²) >= 11 is 0. The van der Waals surface area contributed by atoms with E-state index in [1.807, 2.05) is 13.8 Å². The van der Waals surface area contributed by atoms with Gasteiger partial charge in [0.2, 0.25) is 0 Å². The van der Waals surface area contributed by atoms with Gasteiger partial charge < -0.3 is 16.5 Å². The van der Waals surface area contributed by atoms with E-state index in [0.29, 0.717) is 24.0 Å². The minimum atomic E-state index is -0.0748. The maximum absolute atomic E-state index is 7.45. The minimum absolute atomic E-state index is 0.0748. The summed E-state index contributed by atoms with van der Waals surface area (Å²) in [6, 6.07) is 0.497. The van der Waals surface area contributed by atoms with Crippen molar-refractivity contribution in [2.24, 2.45) is 20.8 Å². The Morgan fingerprint density at radius 1 is 1.46 bits per heavy atom. The first-order valence-electron chi connectivity index (χ1n) is 8.64. The maximum atomic E-state index is 7.45. The van der Waals surface area contributed by atoms with Gasteiger partial charge in [0.15, 0.2) is 0 Å². The molecule has 1 heterocycles. The van der Waals surface area contributed by atoms with Gasteiger partial charge >= 0.3 is 0 Å². The van der Waals surface area contributed by atoms with Crippen molar-refractivity contribution < 1.29 is 4.84 Å². The summed E-state index contributed by atoms with van der Waals surface area (Å²) < 4.78 is 0. The highest BCUT2D eigenvalue weighted by Gasteiger charge is 2.10. The summed E-state index contributed by atoms with van der Waals surface area (Å²) in [5, 5.41) is 19.0. The number of nitrogens with one attached hydrogen (secondary N) is 3. The van der Waals surface area contributed by atoms with E-state index in [2.05, 4.69) is 32.4 Å². The molecule has 0 aliphatic carbocycles. The number of rotatable bonds is 11. The fraction of sp³-hybridized carbons (Fsp3) is 0.529. The van der Waals surface area contributed by atoms with E-state index in [0.717, 1.165) is 37.3 Å². The Morgan fingerprint density at radius 3 is 2.77 bits per heavy atom. The smallest absolute Gasteiger partial charge is 0.143 e. The SMILES string of the molecule is C=NN(C=NC(=C\C=N\CNC1CCNCC1)/C(C=N)=C/N)OC(C)C. The van der Waals surface area contributed by atoms with Crippen molar-refractivity contribution in [3.05, 3.63) is 23.5 Å². The topological polar surface area (TPSA) is 123 Å². The van der Waals surface area contributed by atoms with Crippen molar-refractivity contribution in [3.8, 4) is 0 Å². The van der Waals surface area contributed by atoms with E-state index in [1.165, 1.54) is 12.5 Å². The van der Waals surface area contributed by atoms with E-state index >= 15 is 0 Å². The molecular formula is C17H30N8O. The molecule has 0 aromatic carbocycles. The summed E-state index contributed by atoms with van der Waals surface area (Å²) in [7, 11) is 0. The van der Waals surface area contributed by atoms with Gasteiger partial charge in [-0.1, -0.05) is 0 Å². The lowest BCUT2D eigenvalue weighted by Crippen LogP contribution is -2.39. The fourth-order valence-corrected chi connectivity index (χ4v) is 2.23. The van der Waals surface area contributed by atoms with Crippen LogP contribution >= 0.6 is 0 Å². The van der Waals surface area contributed by atoms with Gasteiger partial charge in [0.05, 0.1) is 18.5 Å². The Kier molecular flexibility index (Phi) is 10.8. The van der Waals surface area contributed by atoms with Crippen molar-refractivity contribution in [3.63, 3.8) is 0 Å². The van der Waals surface area contributed by atoms with Crippen molar-refractivity contribution in [1.29, 1.82) is 5.41 Å². The Morgan fingerprint density at radius 2 is 2.19 bits per heavy atom. The molecule has 0 spiro atoms. The molecule has 26 heavy (non-hydrogen) atoms. The maximum Gasteiger partial charge on any atom is 0.143 e. The number of aliphatic imine (C=N–C) groups is 2. The van der Waals surface area contributed by atoms with Crippen LogP contribution in [0, 0.1) is 5.41 Å². The van der Waals surface area contributed by atoms with Gasteiger partial charge in [-0.15, -0.1) is 5.17 Å². The lowest BCUT2D eigenvalue weighted by Gasteiger charge is -2.22. The van der Waals surface area contributed by atoms with Gasteiger partial charge in [0.25, 0.3) is 0 Å². The van der Waals surface area contributed by atoms with Gasteiger partial charge in [0, 0.05) is 37.0 Å². The highest BCUT2D eigenvalue weighted by molar-refractivity contribution is 5.86. The summed E-state index contributed by atoms with van der Waals surface area (Å²) in [5.41, 5.74) is 6.48. The van der Waals surface area contributed by atoms with Gasteiger partial charge in [-0.25, -0.2) is 9.83 Å². The van der Waals surface area contributed by atoms with Crippen LogP contribution in [0.1, 0.15) is 26.7 Å². The molecule has 0 unspecified atom stereocenters. The van der Waals surface area contributed by atoms with Crippen molar-refractivity contribution in [2.75, 3.05) is 19.8 Å². The van der Waals surface area contributed by atoms with Gasteiger partial charge in [0.1, 0.15) is 6.34 Å². The number of hydrazone groups is 1. The molecule has 9 heteroatoms. The number of hydrogen-bond acceptors (Lipinski definition) is 8. The number of allylic oxidation sites excluding steroid dienone is 2. The van der Waals surface area contributed by atoms with E-state index in [-0.39, 0.29) is 6.10 Å². The molecule has 0 atom stereocenters. The van der Waals surface area contributed by atoms with Crippen LogP contribution in [0.5, 0.6) is 0 Å². The fourth-order valence-electron chi connectivity index (χ4n) is 2.23. The van der Waals surface area contributed by atoms with Crippen LogP contribution in [-0.2, 0) is 4.84 Å². The summed E-state index contributed by atoms with van der Waals surface area (Å²) in [5.74, 6) is 0. The molecule has 9 nitrogen and oxygen atoms in total. The van der Waals surface area contributed by atoms with Crippen LogP contribution in [0.25, 0.3) is 0 Å². The second-order valence-corrected chi connectivity index (χ2v) is 5.88. The Labute approximate surface area is 155 Å². The van der Waals surface area contributed by atoms with Crippen LogP contribution in [0.2, 0.25) is 0 Å². The van der Waals surface area contributed by atoms with Gasteiger partial charge in [-0.2, -0.15) is 5.10 Å². The Bertz CT molecular complexity index is 547. The van der Waals surface area contributed by atoms with Crippen LogP contribution in [0.4, 0.5) is 0 Å². The van der Waals surface area contributed by atoms with E-state index in [1.54, 1.807) is 12.3 Å². The number of nitrogens with zero attached hydrogens (tertiary/aromatic N) is 4. The van der Waals surface area contributed by atoms with Crippen LogP contribution < -0.4 is 16.4 Å². The molecule has 5 N–H and O–H groups in total. The lowest BCUT2D eigenvalue weighted by molar-refractivity contribution is -0.127. The molecule has 0 amide bonds. The molecule has 1 rings (SSSR count). The molecule has 1 fully saturated rings. The first-order chi connectivity index (χ1) is 12.6. The second-order valence-electron chi connectivity index (χ2n) is 5.88. The Balaban J connectivity index is 2.68. The van der Waals surface area contributed by atoms with Crippen molar-refractivity contribution in [1.82, 2.24) is 15.8 Å². The zero-order valence-electron chi connectivity index (χ0n) is 15.6. The van der Waals surface area contributed by atoms with E-state index in [4.69, 9.17) is 16.0 Å². The molecule has 1 aliphatic heterocycles. The second kappa shape index (κ2) is 12.9. The minimum Gasteiger partial charge on any atom is -0.404 e. The third-order valence-electron chi connectivity index (χ3n) is 3.53. The monoisotopic (exact) mass is 362 g/mol. The highest BCUT2D eigenvalue weighted by atomic mass is 16.7. The largest absolute Gasteiger partial charge is 0.404 e. The molecule has 0 saturated carbocycles. The number of hydrogen-bond donors (Lipinski definition) is 4. The van der Waals surface area contributed by atoms with Crippen LogP contribution in [0.15, 0.2) is 38.6 Å². The molecule has 0 bridgehead atoms. The number of hydroxylamine groups is 1. The quantitative estimate of drug-likeness (QED) is 0.189. The normalized spacial score (nSPS) is 17.3.